The van der Waals surface area contributed by atoms with Gasteiger partial charge in [0.05, 0.1) is 5.69 Å². The van der Waals surface area contributed by atoms with Crippen molar-refractivity contribution in [1.29, 1.82) is 0 Å². The fourth-order valence-electron chi connectivity index (χ4n) is 3.37. The minimum Gasteiger partial charge on any atom is -0.349 e. The first-order chi connectivity index (χ1) is 12.6. The molecular weight excluding hydrogens is 342 g/mol. The molecule has 0 spiro atoms. The Bertz CT molecular complexity index is 909. The van der Waals surface area contributed by atoms with Gasteiger partial charge in [-0.3, -0.25) is 9.89 Å². The van der Waals surface area contributed by atoms with Gasteiger partial charge in [-0.05, 0) is 55.8 Å². The van der Waals surface area contributed by atoms with Gasteiger partial charge in [-0.15, -0.1) is 11.3 Å². The number of nitrogens with zero attached hydrogens (tertiary/aromatic N) is 1. The van der Waals surface area contributed by atoms with Gasteiger partial charge in [0.2, 0.25) is 0 Å². The van der Waals surface area contributed by atoms with Crippen molar-refractivity contribution >= 4 is 17.2 Å². The first kappa shape index (κ1) is 17.0. The van der Waals surface area contributed by atoms with Crippen molar-refractivity contribution in [3.05, 3.63) is 63.6 Å². The maximum Gasteiger partial charge on any atom is 0.251 e. The summed E-state index contributed by atoms with van der Waals surface area (Å²) in [4.78, 5) is 14.0. The molecule has 26 heavy (non-hydrogen) atoms. The number of thiophene rings is 1. The van der Waals surface area contributed by atoms with Gasteiger partial charge in [-0.1, -0.05) is 18.2 Å². The van der Waals surface area contributed by atoms with Crippen LogP contribution in [-0.4, -0.2) is 22.1 Å². The van der Waals surface area contributed by atoms with Crippen molar-refractivity contribution in [2.45, 2.75) is 45.1 Å². The van der Waals surface area contributed by atoms with Crippen LogP contribution in [0.3, 0.4) is 0 Å². The van der Waals surface area contributed by atoms with Crippen LogP contribution in [0.15, 0.2) is 41.8 Å². The van der Waals surface area contributed by atoms with Crippen LogP contribution in [0.1, 0.15) is 52.3 Å². The summed E-state index contributed by atoms with van der Waals surface area (Å²) in [6.45, 7) is 4.09. The summed E-state index contributed by atoms with van der Waals surface area (Å²) >= 11 is 1.72. The number of benzene rings is 1. The predicted octanol–water partition coefficient (Wildman–Crippen LogP) is 4.69. The van der Waals surface area contributed by atoms with E-state index >= 15 is 0 Å². The fourth-order valence-corrected chi connectivity index (χ4v) is 4.20. The Kier molecular flexibility index (Phi) is 4.64. The van der Waals surface area contributed by atoms with Gasteiger partial charge >= 0.3 is 0 Å². The number of hydrogen-bond acceptors (Lipinski definition) is 3. The highest BCUT2D eigenvalue weighted by molar-refractivity contribution is 7.09. The fraction of sp³-hybridized carbons (Fsp3) is 0.333. The van der Waals surface area contributed by atoms with Crippen LogP contribution in [0.4, 0.5) is 0 Å². The van der Waals surface area contributed by atoms with Crippen LogP contribution < -0.4 is 5.32 Å². The number of hydrogen-bond donors (Lipinski definition) is 2. The smallest absolute Gasteiger partial charge is 0.251 e. The highest BCUT2D eigenvalue weighted by atomic mass is 32.1. The quantitative estimate of drug-likeness (QED) is 0.666. The Balaban J connectivity index is 1.52. The van der Waals surface area contributed by atoms with E-state index in [1.807, 2.05) is 38.1 Å². The van der Waals surface area contributed by atoms with Crippen LogP contribution in [0, 0.1) is 6.92 Å². The van der Waals surface area contributed by atoms with Gasteiger partial charge < -0.3 is 5.32 Å². The zero-order valence-corrected chi connectivity index (χ0v) is 15.9. The number of carbonyl (C=O) groups excluding carboxylic acids is 1. The van der Waals surface area contributed by atoms with E-state index in [1.54, 1.807) is 11.3 Å². The average molecular weight is 366 g/mol. The third kappa shape index (κ3) is 3.58. The van der Waals surface area contributed by atoms with Crippen LogP contribution in [0.25, 0.3) is 11.1 Å². The minimum absolute atomic E-state index is 0.0231. The number of aryl methyl sites for hydroxylation is 1. The lowest BCUT2D eigenvalue weighted by Crippen LogP contribution is -2.33. The molecule has 2 aromatic heterocycles. The lowest BCUT2D eigenvalue weighted by atomic mass is 9.99. The van der Waals surface area contributed by atoms with Crippen molar-refractivity contribution in [3.8, 4) is 11.1 Å². The summed E-state index contributed by atoms with van der Waals surface area (Å²) < 4.78 is 0. The maximum absolute atomic E-state index is 12.7. The molecule has 3 aromatic rings. The zero-order valence-electron chi connectivity index (χ0n) is 15.1. The van der Waals surface area contributed by atoms with Crippen LogP contribution in [0.2, 0.25) is 0 Å². The second-order valence-corrected chi connectivity index (χ2v) is 8.15. The molecule has 1 aliphatic carbocycles. The molecule has 0 radical (unpaired) electrons. The molecule has 1 aliphatic rings. The highest BCUT2D eigenvalue weighted by Crippen LogP contribution is 2.44. The molecule has 0 aliphatic heterocycles. The van der Waals surface area contributed by atoms with Crippen molar-refractivity contribution in [3.63, 3.8) is 0 Å². The van der Waals surface area contributed by atoms with E-state index in [-0.39, 0.29) is 11.9 Å². The van der Waals surface area contributed by atoms with Gasteiger partial charge in [0.1, 0.15) is 0 Å². The molecule has 134 valence electrons. The standard InChI is InChI=1S/C21H23N3OS/c1-13(11-18-7-4-10-26-18)22-21(25)17-6-3-5-16(12-17)19-14(2)23-24-20(19)15-8-9-15/h3-7,10,12-13,15H,8-9,11H2,1-2H3,(H,22,25)(H,23,24)/t13-/m0/s1. The molecule has 4 rings (SSSR count). The van der Waals surface area contributed by atoms with Crippen LogP contribution in [0.5, 0.6) is 0 Å². The molecular formula is C21H23N3OS. The molecule has 2 heterocycles. The molecule has 0 bridgehead atoms. The summed E-state index contributed by atoms with van der Waals surface area (Å²) in [6.07, 6.45) is 3.27. The Morgan fingerprint density at radius 1 is 1.35 bits per heavy atom. The first-order valence-electron chi connectivity index (χ1n) is 9.10. The Hall–Kier alpha value is -2.40. The van der Waals surface area contributed by atoms with E-state index in [9.17, 15) is 4.79 Å². The largest absolute Gasteiger partial charge is 0.349 e. The molecule has 2 N–H and O–H groups in total. The number of rotatable bonds is 6. The molecule has 1 atom stereocenters. The molecule has 0 unspecified atom stereocenters. The van der Waals surface area contributed by atoms with E-state index < -0.39 is 0 Å². The molecule has 1 saturated carbocycles. The van der Waals surface area contributed by atoms with Gasteiger partial charge in [-0.25, -0.2) is 0 Å². The normalized spacial score (nSPS) is 15.0. The summed E-state index contributed by atoms with van der Waals surface area (Å²) in [6, 6.07) is 12.1. The number of H-pyrrole nitrogens is 1. The van der Waals surface area contributed by atoms with E-state index in [0.717, 1.165) is 28.9 Å². The van der Waals surface area contributed by atoms with E-state index in [0.29, 0.717) is 11.5 Å². The SMILES string of the molecule is Cc1[nH]nc(C2CC2)c1-c1cccc(C(=O)N[C@@H](C)Cc2cccs2)c1. The van der Waals surface area contributed by atoms with Crippen molar-refractivity contribution in [1.82, 2.24) is 15.5 Å². The van der Waals surface area contributed by atoms with Crippen LogP contribution in [-0.2, 0) is 6.42 Å². The third-order valence-corrected chi connectivity index (χ3v) is 5.72. The lowest BCUT2D eigenvalue weighted by molar-refractivity contribution is 0.0940. The van der Waals surface area contributed by atoms with E-state index in [2.05, 4.69) is 33.0 Å². The monoisotopic (exact) mass is 365 g/mol. The minimum atomic E-state index is -0.0231. The molecule has 0 saturated heterocycles. The Morgan fingerprint density at radius 3 is 2.92 bits per heavy atom. The lowest BCUT2D eigenvalue weighted by Gasteiger charge is -2.14. The zero-order chi connectivity index (χ0) is 18.1. The molecule has 1 amide bonds. The number of aromatic amines is 1. The molecule has 1 aromatic carbocycles. The average Bonchev–Trinajstić information content (AvgIpc) is 3.21. The topological polar surface area (TPSA) is 57.8 Å². The van der Waals surface area contributed by atoms with Gasteiger partial charge in [0, 0.05) is 40.1 Å². The second-order valence-electron chi connectivity index (χ2n) is 7.12. The van der Waals surface area contributed by atoms with Crippen molar-refractivity contribution < 1.29 is 4.79 Å². The Morgan fingerprint density at radius 2 is 2.19 bits per heavy atom. The number of aromatic nitrogens is 2. The maximum atomic E-state index is 12.7. The van der Waals surface area contributed by atoms with E-state index in [1.165, 1.54) is 17.7 Å². The number of amides is 1. The molecule has 5 heteroatoms. The van der Waals surface area contributed by atoms with Crippen molar-refractivity contribution in [2.75, 3.05) is 0 Å². The summed E-state index contributed by atoms with van der Waals surface area (Å²) in [7, 11) is 0. The summed E-state index contributed by atoms with van der Waals surface area (Å²) in [5.74, 6) is 0.545. The number of nitrogens with one attached hydrogen (secondary N) is 2. The number of carbonyl (C=O) groups is 1. The molecule has 1 fully saturated rings. The van der Waals surface area contributed by atoms with Gasteiger partial charge in [-0.2, -0.15) is 5.10 Å². The van der Waals surface area contributed by atoms with Gasteiger partial charge in [0.25, 0.3) is 5.91 Å². The van der Waals surface area contributed by atoms with Crippen molar-refractivity contribution in [2.24, 2.45) is 0 Å². The first-order valence-corrected chi connectivity index (χ1v) is 9.98. The van der Waals surface area contributed by atoms with Gasteiger partial charge in [0.15, 0.2) is 0 Å². The van der Waals surface area contributed by atoms with Crippen LogP contribution >= 0.6 is 11.3 Å². The highest BCUT2D eigenvalue weighted by Gasteiger charge is 2.30. The summed E-state index contributed by atoms with van der Waals surface area (Å²) in [5, 5.41) is 12.8. The summed E-state index contributed by atoms with van der Waals surface area (Å²) in [5.41, 5.74) is 5.13. The third-order valence-electron chi connectivity index (χ3n) is 4.82. The second kappa shape index (κ2) is 7.08. The Labute approximate surface area is 157 Å². The van der Waals surface area contributed by atoms with E-state index in [4.69, 9.17) is 0 Å². The predicted molar refractivity (Wildman–Crippen MR) is 106 cm³/mol. The molecule has 4 nitrogen and oxygen atoms in total.